The van der Waals surface area contributed by atoms with Crippen LogP contribution in [-0.4, -0.2) is 28.5 Å². The van der Waals surface area contributed by atoms with Crippen molar-refractivity contribution in [3.63, 3.8) is 0 Å². The molecule has 2 heterocycles. The number of carbonyl (C=O) groups is 3. The van der Waals surface area contributed by atoms with Crippen molar-refractivity contribution in [2.24, 2.45) is 0 Å². The molecule has 1 saturated heterocycles. The van der Waals surface area contributed by atoms with Gasteiger partial charge in [0, 0.05) is 24.2 Å². The van der Waals surface area contributed by atoms with Gasteiger partial charge < -0.3 is 10.2 Å². The molecule has 0 aromatic heterocycles. The summed E-state index contributed by atoms with van der Waals surface area (Å²) in [5.41, 5.74) is 1.42. The Morgan fingerprint density at radius 2 is 1.94 bits per heavy atom. The molecule has 4 rings (SSSR count). The second-order valence-corrected chi connectivity index (χ2v) is 8.05. The predicted molar refractivity (Wildman–Crippen MR) is 110 cm³/mol. The fourth-order valence-electron chi connectivity index (χ4n) is 4.14. The molecule has 1 N–H and O–H groups in total. The number of Topliss-reactive ketones (excluding diaryl/α,β-unsaturated/α-hetero) is 1. The van der Waals surface area contributed by atoms with E-state index in [1.807, 2.05) is 0 Å². The minimum Gasteiger partial charge on any atom is -0.329 e. The van der Waals surface area contributed by atoms with Gasteiger partial charge in [0.05, 0.1) is 5.56 Å². The van der Waals surface area contributed by atoms with E-state index in [2.05, 4.69) is 11.9 Å². The standard InChI is InChI=1S/C24H21F3N2O3/c1-14-6-10-20(22(31)28-14)29-13-16-12-15(7-9-17(16)23(29)32)8-11-21(30)24(26,27)18-4-2-3-5-19(18)25/h2-5,7,9,12,20H,1,6,8,10-11,13H2,(H,28,31). The van der Waals surface area contributed by atoms with Crippen molar-refractivity contribution in [3.8, 4) is 0 Å². The zero-order valence-electron chi connectivity index (χ0n) is 17.2. The first kappa shape index (κ1) is 21.8. The number of fused-ring (bicyclic) bond motifs is 1. The number of ketones is 1. The third-order valence-electron chi connectivity index (χ3n) is 5.90. The molecule has 2 aliphatic rings. The maximum atomic E-state index is 14.4. The van der Waals surface area contributed by atoms with Gasteiger partial charge in [-0.1, -0.05) is 30.8 Å². The second kappa shape index (κ2) is 8.26. The summed E-state index contributed by atoms with van der Waals surface area (Å²) in [6.07, 6.45) is 0.607. The summed E-state index contributed by atoms with van der Waals surface area (Å²) in [5.74, 6) is -6.96. The molecule has 2 amide bonds. The highest BCUT2D eigenvalue weighted by atomic mass is 19.3. The Kier molecular flexibility index (Phi) is 5.62. The van der Waals surface area contributed by atoms with Gasteiger partial charge in [-0.25, -0.2) is 4.39 Å². The number of nitrogens with one attached hydrogen (secondary N) is 1. The lowest BCUT2D eigenvalue weighted by Crippen LogP contribution is -2.49. The zero-order chi connectivity index (χ0) is 23.0. The van der Waals surface area contributed by atoms with Crippen molar-refractivity contribution >= 4 is 17.6 Å². The van der Waals surface area contributed by atoms with Crippen molar-refractivity contribution in [1.82, 2.24) is 10.2 Å². The molecule has 0 radical (unpaired) electrons. The molecule has 5 nitrogen and oxygen atoms in total. The molecule has 2 aliphatic heterocycles. The number of rotatable bonds is 6. The number of allylic oxidation sites excluding steroid dienone is 1. The lowest BCUT2D eigenvalue weighted by atomic mass is 9.97. The van der Waals surface area contributed by atoms with E-state index in [0.717, 1.165) is 12.1 Å². The summed E-state index contributed by atoms with van der Waals surface area (Å²) < 4.78 is 42.6. The van der Waals surface area contributed by atoms with Crippen LogP contribution >= 0.6 is 0 Å². The summed E-state index contributed by atoms with van der Waals surface area (Å²) >= 11 is 0. The number of alkyl halides is 2. The lowest BCUT2D eigenvalue weighted by Gasteiger charge is -2.30. The van der Waals surface area contributed by atoms with Crippen LogP contribution < -0.4 is 5.32 Å². The van der Waals surface area contributed by atoms with E-state index < -0.39 is 35.5 Å². The van der Waals surface area contributed by atoms with Gasteiger partial charge in [0.15, 0.2) is 0 Å². The molecule has 0 aliphatic carbocycles. The molecule has 2 aromatic carbocycles. The van der Waals surface area contributed by atoms with Gasteiger partial charge in [-0.2, -0.15) is 8.78 Å². The molecule has 0 spiro atoms. The van der Waals surface area contributed by atoms with Gasteiger partial charge in [-0.05, 0) is 48.6 Å². The minimum absolute atomic E-state index is 0.0219. The van der Waals surface area contributed by atoms with E-state index >= 15 is 0 Å². The van der Waals surface area contributed by atoms with E-state index in [1.54, 1.807) is 18.2 Å². The van der Waals surface area contributed by atoms with Crippen molar-refractivity contribution in [2.45, 2.75) is 44.2 Å². The van der Waals surface area contributed by atoms with Crippen molar-refractivity contribution in [1.29, 1.82) is 0 Å². The molecule has 0 bridgehead atoms. The first-order chi connectivity index (χ1) is 15.2. The normalized spacial score (nSPS) is 18.5. The van der Waals surface area contributed by atoms with Crippen LogP contribution in [0.5, 0.6) is 0 Å². The van der Waals surface area contributed by atoms with E-state index in [1.165, 1.54) is 17.0 Å². The van der Waals surface area contributed by atoms with Crippen LogP contribution in [0.3, 0.4) is 0 Å². The van der Waals surface area contributed by atoms with Gasteiger partial charge in [0.1, 0.15) is 11.9 Å². The Morgan fingerprint density at radius 1 is 1.19 bits per heavy atom. The van der Waals surface area contributed by atoms with Crippen LogP contribution in [0, 0.1) is 5.82 Å². The monoisotopic (exact) mass is 442 g/mol. The Labute approximate surface area is 182 Å². The Morgan fingerprint density at radius 3 is 2.66 bits per heavy atom. The van der Waals surface area contributed by atoms with Crippen molar-refractivity contribution < 1.29 is 27.6 Å². The van der Waals surface area contributed by atoms with Crippen LogP contribution in [0.2, 0.25) is 0 Å². The molecule has 1 atom stereocenters. The van der Waals surface area contributed by atoms with E-state index in [0.29, 0.717) is 35.2 Å². The molecule has 1 fully saturated rings. The minimum atomic E-state index is -3.92. The maximum Gasteiger partial charge on any atom is 0.333 e. The number of hydrogen-bond donors (Lipinski definition) is 1. The average molecular weight is 442 g/mol. The summed E-state index contributed by atoms with van der Waals surface area (Å²) in [4.78, 5) is 38.7. The SMILES string of the molecule is C=C1CCC(N2Cc3cc(CCC(=O)C(F)(F)c4ccccc4F)ccc3C2=O)C(=O)N1. The van der Waals surface area contributed by atoms with Gasteiger partial charge in [0.25, 0.3) is 5.91 Å². The molecule has 0 saturated carbocycles. The van der Waals surface area contributed by atoms with Crippen molar-refractivity contribution in [2.75, 3.05) is 0 Å². The van der Waals surface area contributed by atoms with Crippen LogP contribution in [0.1, 0.15) is 46.3 Å². The van der Waals surface area contributed by atoms with E-state index in [9.17, 15) is 27.6 Å². The first-order valence-corrected chi connectivity index (χ1v) is 10.3. The van der Waals surface area contributed by atoms with Gasteiger partial charge >= 0.3 is 5.92 Å². The first-order valence-electron chi connectivity index (χ1n) is 10.3. The number of hydrogen-bond acceptors (Lipinski definition) is 3. The third-order valence-corrected chi connectivity index (χ3v) is 5.90. The predicted octanol–water partition coefficient (Wildman–Crippen LogP) is 3.87. The largest absolute Gasteiger partial charge is 0.333 e. The average Bonchev–Trinajstić information content (AvgIpc) is 3.07. The Bertz CT molecular complexity index is 1130. The summed E-state index contributed by atoms with van der Waals surface area (Å²) in [7, 11) is 0. The maximum absolute atomic E-state index is 14.4. The fraction of sp³-hybridized carbons (Fsp3) is 0.292. The van der Waals surface area contributed by atoms with Crippen LogP contribution in [0.15, 0.2) is 54.7 Å². The molecule has 1 unspecified atom stereocenters. The number of aryl methyl sites for hydroxylation is 1. The molecular formula is C24H21F3N2O3. The molecule has 2 aromatic rings. The highest BCUT2D eigenvalue weighted by Gasteiger charge is 2.42. The highest BCUT2D eigenvalue weighted by molar-refractivity contribution is 6.01. The van der Waals surface area contributed by atoms with Gasteiger partial charge in [-0.15, -0.1) is 0 Å². The summed E-state index contributed by atoms with van der Waals surface area (Å²) in [5, 5.41) is 2.67. The smallest absolute Gasteiger partial charge is 0.329 e. The van der Waals surface area contributed by atoms with Gasteiger partial charge in [0.2, 0.25) is 11.7 Å². The lowest BCUT2D eigenvalue weighted by molar-refractivity contribution is -0.144. The number of nitrogens with zero attached hydrogens (tertiary/aromatic N) is 1. The Balaban J connectivity index is 1.44. The molecule has 8 heteroatoms. The quantitative estimate of drug-likeness (QED) is 0.739. The topological polar surface area (TPSA) is 66.5 Å². The van der Waals surface area contributed by atoms with E-state index in [-0.39, 0.29) is 24.8 Å². The number of piperidine rings is 1. The Hall–Kier alpha value is -3.42. The van der Waals surface area contributed by atoms with Crippen LogP contribution in [0.4, 0.5) is 13.2 Å². The number of amides is 2. The zero-order valence-corrected chi connectivity index (χ0v) is 17.2. The van der Waals surface area contributed by atoms with Crippen LogP contribution in [0.25, 0.3) is 0 Å². The van der Waals surface area contributed by atoms with Gasteiger partial charge in [-0.3, -0.25) is 14.4 Å². The fourth-order valence-corrected chi connectivity index (χ4v) is 4.14. The van der Waals surface area contributed by atoms with Crippen molar-refractivity contribution in [3.05, 3.63) is 82.8 Å². The highest BCUT2D eigenvalue weighted by Crippen LogP contribution is 2.33. The number of halogens is 3. The van der Waals surface area contributed by atoms with Crippen LogP contribution in [-0.2, 0) is 28.5 Å². The second-order valence-electron chi connectivity index (χ2n) is 8.05. The third kappa shape index (κ3) is 3.92. The molecular weight excluding hydrogens is 421 g/mol. The van der Waals surface area contributed by atoms with E-state index in [4.69, 9.17) is 0 Å². The molecule has 32 heavy (non-hydrogen) atoms. The number of benzene rings is 2. The molecule has 166 valence electrons. The number of carbonyl (C=O) groups excluding carboxylic acids is 3. The summed E-state index contributed by atoms with van der Waals surface area (Å²) in [6, 6.07) is 8.63. The summed E-state index contributed by atoms with van der Waals surface area (Å²) in [6.45, 7) is 3.96.